The second-order valence-electron chi connectivity index (χ2n) is 4.01. The van der Waals surface area contributed by atoms with E-state index in [0.717, 1.165) is 17.2 Å². The molecule has 2 saturated heterocycles. The van der Waals surface area contributed by atoms with E-state index in [1.54, 1.807) is 0 Å². The molecule has 0 bridgehead atoms. The molecule has 0 spiro atoms. The summed E-state index contributed by atoms with van der Waals surface area (Å²) >= 11 is 2.19. The fraction of sp³-hybridized carbons (Fsp3) is 1.00. The van der Waals surface area contributed by atoms with Gasteiger partial charge in [-0.1, -0.05) is 13.8 Å². The first-order valence-electron chi connectivity index (χ1n) is 5.63. The van der Waals surface area contributed by atoms with Gasteiger partial charge in [0.1, 0.15) is 0 Å². The SMILES string of the molecule is CC.CC(C)N1CC2CCSC2C1. The van der Waals surface area contributed by atoms with Gasteiger partial charge in [0.15, 0.2) is 0 Å². The van der Waals surface area contributed by atoms with Crippen molar-refractivity contribution in [1.29, 1.82) is 0 Å². The van der Waals surface area contributed by atoms with Crippen LogP contribution in [-0.2, 0) is 0 Å². The quantitative estimate of drug-likeness (QED) is 0.642. The Balaban J connectivity index is 0.000000396. The Morgan fingerprint density at radius 3 is 2.46 bits per heavy atom. The first-order valence-corrected chi connectivity index (χ1v) is 6.68. The van der Waals surface area contributed by atoms with E-state index in [-0.39, 0.29) is 0 Å². The standard InChI is InChI=1S/C9H17NS.C2H6/c1-7(2)10-5-8-3-4-11-9(8)6-10;1-2/h7-9H,3-6H2,1-2H3;1-2H3. The van der Waals surface area contributed by atoms with E-state index in [9.17, 15) is 0 Å². The molecule has 0 N–H and O–H groups in total. The maximum Gasteiger partial charge on any atom is 0.0215 e. The molecule has 0 aromatic rings. The normalized spacial score (nSPS) is 33.0. The van der Waals surface area contributed by atoms with Crippen LogP contribution in [0.25, 0.3) is 0 Å². The van der Waals surface area contributed by atoms with Gasteiger partial charge in [0.2, 0.25) is 0 Å². The molecule has 2 rings (SSSR count). The van der Waals surface area contributed by atoms with Crippen molar-refractivity contribution in [3.8, 4) is 0 Å². The van der Waals surface area contributed by atoms with Gasteiger partial charge >= 0.3 is 0 Å². The summed E-state index contributed by atoms with van der Waals surface area (Å²) in [5, 5.41) is 0.984. The van der Waals surface area contributed by atoms with Gasteiger partial charge in [-0.25, -0.2) is 0 Å². The van der Waals surface area contributed by atoms with Crippen LogP contribution in [0.2, 0.25) is 0 Å². The fourth-order valence-corrected chi connectivity index (χ4v) is 3.66. The molecule has 0 aliphatic carbocycles. The smallest absolute Gasteiger partial charge is 0.0215 e. The van der Waals surface area contributed by atoms with E-state index in [1.807, 2.05) is 13.8 Å². The largest absolute Gasteiger partial charge is 0.300 e. The number of thioether (sulfide) groups is 1. The second kappa shape index (κ2) is 5.26. The minimum absolute atomic E-state index is 0.765. The van der Waals surface area contributed by atoms with Crippen LogP contribution in [0.5, 0.6) is 0 Å². The van der Waals surface area contributed by atoms with Crippen LogP contribution in [-0.4, -0.2) is 35.0 Å². The fourth-order valence-electron chi connectivity index (χ4n) is 2.13. The van der Waals surface area contributed by atoms with E-state index in [2.05, 4.69) is 30.5 Å². The molecule has 13 heavy (non-hydrogen) atoms. The lowest BCUT2D eigenvalue weighted by atomic mass is 10.1. The van der Waals surface area contributed by atoms with Crippen LogP contribution >= 0.6 is 11.8 Å². The summed E-state index contributed by atoms with van der Waals surface area (Å²) in [6.07, 6.45) is 1.47. The van der Waals surface area contributed by atoms with E-state index >= 15 is 0 Å². The van der Waals surface area contributed by atoms with Crippen LogP contribution in [0.4, 0.5) is 0 Å². The van der Waals surface area contributed by atoms with Gasteiger partial charge in [-0.15, -0.1) is 0 Å². The number of fused-ring (bicyclic) bond motifs is 1. The minimum atomic E-state index is 0.765. The Labute approximate surface area is 87.3 Å². The Hall–Kier alpha value is 0.310. The van der Waals surface area contributed by atoms with Gasteiger partial charge < -0.3 is 0 Å². The van der Waals surface area contributed by atoms with Crippen molar-refractivity contribution >= 4 is 11.8 Å². The zero-order chi connectivity index (χ0) is 9.84. The van der Waals surface area contributed by atoms with Crippen molar-refractivity contribution in [1.82, 2.24) is 4.90 Å². The monoisotopic (exact) mass is 201 g/mol. The Morgan fingerprint density at radius 1 is 1.23 bits per heavy atom. The third-order valence-electron chi connectivity index (χ3n) is 2.96. The van der Waals surface area contributed by atoms with E-state index in [4.69, 9.17) is 0 Å². The molecule has 0 amide bonds. The third-order valence-corrected chi connectivity index (χ3v) is 4.39. The van der Waals surface area contributed by atoms with Gasteiger partial charge in [-0.2, -0.15) is 11.8 Å². The highest BCUT2D eigenvalue weighted by Gasteiger charge is 2.37. The van der Waals surface area contributed by atoms with Crippen LogP contribution in [0, 0.1) is 5.92 Å². The van der Waals surface area contributed by atoms with Crippen LogP contribution in [0.15, 0.2) is 0 Å². The van der Waals surface area contributed by atoms with Crippen LogP contribution in [0.1, 0.15) is 34.1 Å². The lowest BCUT2D eigenvalue weighted by Crippen LogP contribution is -2.29. The molecule has 2 heteroatoms. The van der Waals surface area contributed by atoms with Crippen molar-refractivity contribution in [2.75, 3.05) is 18.8 Å². The number of nitrogens with zero attached hydrogens (tertiary/aromatic N) is 1. The number of likely N-dealkylation sites (tertiary alicyclic amines) is 1. The summed E-state index contributed by atoms with van der Waals surface area (Å²) in [6.45, 7) is 11.3. The average Bonchev–Trinajstić information content (AvgIpc) is 2.65. The zero-order valence-electron chi connectivity index (χ0n) is 9.42. The minimum Gasteiger partial charge on any atom is -0.300 e. The molecule has 2 unspecified atom stereocenters. The summed E-state index contributed by atoms with van der Waals surface area (Å²) in [5.74, 6) is 2.45. The molecular formula is C11H23NS. The highest BCUT2D eigenvalue weighted by Crippen LogP contribution is 2.38. The van der Waals surface area contributed by atoms with E-state index in [1.165, 1.54) is 25.3 Å². The molecule has 2 heterocycles. The molecule has 0 aromatic heterocycles. The Kier molecular flexibility index (Phi) is 4.60. The summed E-state index contributed by atoms with van der Waals surface area (Å²) < 4.78 is 0. The maximum absolute atomic E-state index is 2.63. The lowest BCUT2D eigenvalue weighted by molar-refractivity contribution is 0.264. The topological polar surface area (TPSA) is 3.24 Å². The van der Waals surface area contributed by atoms with E-state index < -0.39 is 0 Å². The van der Waals surface area contributed by atoms with Gasteiger partial charge in [-0.3, -0.25) is 4.90 Å². The number of rotatable bonds is 1. The van der Waals surface area contributed by atoms with Crippen molar-refractivity contribution in [2.45, 2.75) is 45.4 Å². The number of hydrogen-bond acceptors (Lipinski definition) is 2. The van der Waals surface area contributed by atoms with Crippen molar-refractivity contribution in [3.05, 3.63) is 0 Å². The molecule has 2 aliphatic rings. The van der Waals surface area contributed by atoms with Crippen molar-refractivity contribution in [3.63, 3.8) is 0 Å². The highest BCUT2D eigenvalue weighted by molar-refractivity contribution is 8.00. The first-order chi connectivity index (χ1) is 6.27. The Bertz CT molecular complexity index is 135. The molecule has 2 aliphatic heterocycles. The molecular weight excluding hydrogens is 178 g/mol. The lowest BCUT2D eigenvalue weighted by Gasteiger charge is -2.20. The van der Waals surface area contributed by atoms with Gasteiger partial charge in [0, 0.05) is 24.4 Å². The summed E-state index contributed by atoms with van der Waals surface area (Å²) in [7, 11) is 0. The van der Waals surface area contributed by atoms with Gasteiger partial charge in [0.05, 0.1) is 0 Å². The summed E-state index contributed by atoms with van der Waals surface area (Å²) in [5.41, 5.74) is 0. The maximum atomic E-state index is 2.63. The molecule has 2 fully saturated rings. The van der Waals surface area contributed by atoms with Crippen molar-refractivity contribution < 1.29 is 0 Å². The molecule has 0 saturated carbocycles. The second-order valence-corrected chi connectivity index (χ2v) is 5.35. The summed E-state index contributed by atoms with van der Waals surface area (Å²) in [4.78, 5) is 2.63. The van der Waals surface area contributed by atoms with E-state index in [0.29, 0.717) is 0 Å². The zero-order valence-corrected chi connectivity index (χ0v) is 10.2. The van der Waals surface area contributed by atoms with Gasteiger partial charge in [-0.05, 0) is 31.9 Å². The molecule has 1 nitrogen and oxygen atoms in total. The Morgan fingerprint density at radius 2 is 1.92 bits per heavy atom. The third kappa shape index (κ3) is 2.63. The van der Waals surface area contributed by atoms with Crippen molar-refractivity contribution in [2.24, 2.45) is 5.92 Å². The average molecular weight is 201 g/mol. The number of hydrogen-bond donors (Lipinski definition) is 0. The summed E-state index contributed by atoms with van der Waals surface area (Å²) in [6, 6.07) is 0.765. The first kappa shape index (κ1) is 11.4. The molecule has 2 atom stereocenters. The van der Waals surface area contributed by atoms with Crippen LogP contribution < -0.4 is 0 Å². The molecule has 0 radical (unpaired) electrons. The molecule has 0 aromatic carbocycles. The predicted octanol–water partition coefficient (Wildman–Crippen LogP) is 2.86. The van der Waals surface area contributed by atoms with Crippen LogP contribution in [0.3, 0.4) is 0 Å². The molecule has 78 valence electrons. The highest BCUT2D eigenvalue weighted by atomic mass is 32.2. The predicted molar refractivity (Wildman–Crippen MR) is 62.4 cm³/mol. The van der Waals surface area contributed by atoms with Gasteiger partial charge in [0.25, 0.3) is 0 Å².